The highest BCUT2D eigenvalue weighted by atomic mass is 79.9. The maximum absolute atomic E-state index is 6.10. The average molecular weight is 369 g/mol. The van der Waals surface area contributed by atoms with Gasteiger partial charge in [-0.2, -0.15) is 0 Å². The molecule has 0 bridgehead atoms. The van der Waals surface area contributed by atoms with Gasteiger partial charge in [0.2, 0.25) is 0 Å². The number of nitrogens with zero attached hydrogens (tertiary/aromatic N) is 2. The summed E-state index contributed by atoms with van der Waals surface area (Å²) in [6.45, 7) is 2.08. The molecule has 1 N–H and O–H groups in total. The van der Waals surface area contributed by atoms with E-state index in [0.717, 1.165) is 21.2 Å². The van der Waals surface area contributed by atoms with E-state index in [0.29, 0.717) is 5.15 Å². The van der Waals surface area contributed by atoms with E-state index in [1.807, 2.05) is 18.3 Å². The topological polar surface area (TPSA) is 37.8 Å². The second-order valence-electron chi connectivity index (χ2n) is 4.43. The molecule has 0 aliphatic rings. The lowest BCUT2D eigenvalue weighted by atomic mass is 10.1. The first kappa shape index (κ1) is 13.8. The molecule has 1 atom stereocenters. The SMILES string of the molecule is CC(Nc1cc(Br)cnc1Cl)c1cnc2ccsc2c1. The Balaban J connectivity index is 1.88. The van der Waals surface area contributed by atoms with Gasteiger partial charge in [-0.25, -0.2) is 4.98 Å². The lowest BCUT2D eigenvalue weighted by molar-refractivity contribution is 0.878. The summed E-state index contributed by atoms with van der Waals surface area (Å²) >= 11 is 11.2. The molecule has 0 aliphatic carbocycles. The van der Waals surface area contributed by atoms with E-state index in [1.54, 1.807) is 17.5 Å². The molecule has 0 saturated heterocycles. The highest BCUT2D eigenvalue weighted by Gasteiger charge is 2.10. The van der Waals surface area contributed by atoms with Crippen molar-refractivity contribution in [2.24, 2.45) is 0 Å². The van der Waals surface area contributed by atoms with Crippen LogP contribution >= 0.6 is 38.9 Å². The molecule has 3 nitrogen and oxygen atoms in total. The number of rotatable bonds is 3. The number of thiophene rings is 1. The van der Waals surface area contributed by atoms with Gasteiger partial charge in [-0.05, 0) is 52.0 Å². The highest BCUT2D eigenvalue weighted by molar-refractivity contribution is 9.10. The molecule has 3 aromatic rings. The van der Waals surface area contributed by atoms with Crippen molar-refractivity contribution in [2.75, 3.05) is 5.32 Å². The molecule has 0 radical (unpaired) electrons. The third-order valence-electron chi connectivity index (χ3n) is 3.00. The van der Waals surface area contributed by atoms with E-state index >= 15 is 0 Å². The molecule has 0 spiro atoms. The van der Waals surface area contributed by atoms with Gasteiger partial charge in [0.1, 0.15) is 0 Å². The monoisotopic (exact) mass is 367 g/mol. The highest BCUT2D eigenvalue weighted by Crippen LogP contribution is 2.28. The minimum absolute atomic E-state index is 0.0996. The van der Waals surface area contributed by atoms with Crippen LogP contribution in [0, 0.1) is 0 Å². The van der Waals surface area contributed by atoms with Crippen LogP contribution in [0.3, 0.4) is 0 Å². The molecule has 6 heteroatoms. The predicted octanol–water partition coefficient (Wildman–Crippen LogP) is 5.28. The normalized spacial score (nSPS) is 12.6. The van der Waals surface area contributed by atoms with Crippen LogP contribution in [-0.2, 0) is 0 Å². The Bertz CT molecular complexity index is 759. The fraction of sp³-hybridized carbons (Fsp3) is 0.143. The lowest BCUT2D eigenvalue weighted by Gasteiger charge is -2.16. The fourth-order valence-corrected chi connectivity index (χ4v) is 3.22. The number of aromatic nitrogens is 2. The third kappa shape index (κ3) is 2.80. The first-order valence-electron chi connectivity index (χ1n) is 6.04. The molecule has 3 heterocycles. The van der Waals surface area contributed by atoms with Crippen LogP contribution < -0.4 is 5.32 Å². The Kier molecular flexibility index (Phi) is 3.92. The van der Waals surface area contributed by atoms with Crippen molar-refractivity contribution in [2.45, 2.75) is 13.0 Å². The van der Waals surface area contributed by atoms with Gasteiger partial charge >= 0.3 is 0 Å². The van der Waals surface area contributed by atoms with Gasteiger partial charge in [-0.1, -0.05) is 11.6 Å². The number of pyridine rings is 2. The van der Waals surface area contributed by atoms with E-state index in [1.165, 1.54) is 4.70 Å². The van der Waals surface area contributed by atoms with Gasteiger partial charge in [-0.3, -0.25) is 4.98 Å². The van der Waals surface area contributed by atoms with Crippen LogP contribution in [0.25, 0.3) is 10.2 Å². The van der Waals surface area contributed by atoms with Crippen molar-refractivity contribution in [1.29, 1.82) is 0 Å². The third-order valence-corrected chi connectivity index (χ3v) is 4.59. The summed E-state index contributed by atoms with van der Waals surface area (Å²) in [6, 6.07) is 6.20. The number of hydrogen-bond acceptors (Lipinski definition) is 4. The quantitative estimate of drug-likeness (QED) is 0.639. The van der Waals surface area contributed by atoms with Crippen LogP contribution in [0.5, 0.6) is 0 Å². The largest absolute Gasteiger partial charge is 0.376 e. The van der Waals surface area contributed by atoms with Gasteiger partial charge in [0, 0.05) is 16.9 Å². The number of hydrogen-bond donors (Lipinski definition) is 1. The Morgan fingerprint density at radius 1 is 1.30 bits per heavy atom. The summed E-state index contributed by atoms with van der Waals surface area (Å²) in [7, 11) is 0. The average Bonchev–Trinajstić information content (AvgIpc) is 2.90. The van der Waals surface area contributed by atoms with E-state index < -0.39 is 0 Å². The van der Waals surface area contributed by atoms with E-state index in [9.17, 15) is 0 Å². The maximum Gasteiger partial charge on any atom is 0.152 e. The molecule has 0 fully saturated rings. The zero-order valence-corrected chi connectivity index (χ0v) is 13.8. The van der Waals surface area contributed by atoms with Crippen LogP contribution in [0.15, 0.2) is 40.4 Å². The van der Waals surface area contributed by atoms with Crippen LogP contribution in [0.4, 0.5) is 5.69 Å². The van der Waals surface area contributed by atoms with Gasteiger partial charge in [0.05, 0.1) is 21.9 Å². The summed E-state index contributed by atoms with van der Waals surface area (Å²) in [5.74, 6) is 0. The molecule has 0 aromatic carbocycles. The van der Waals surface area contributed by atoms with Crippen LogP contribution in [-0.4, -0.2) is 9.97 Å². The number of anilines is 1. The minimum Gasteiger partial charge on any atom is -0.376 e. The second-order valence-corrected chi connectivity index (χ2v) is 6.65. The number of fused-ring (bicyclic) bond motifs is 1. The van der Waals surface area contributed by atoms with Crippen LogP contribution in [0.1, 0.15) is 18.5 Å². The van der Waals surface area contributed by atoms with Gasteiger partial charge in [0.25, 0.3) is 0 Å². The fourth-order valence-electron chi connectivity index (χ4n) is 1.94. The smallest absolute Gasteiger partial charge is 0.152 e. The molecule has 1 unspecified atom stereocenters. The molecular formula is C14H11BrClN3S. The molecule has 0 aliphatic heterocycles. The number of nitrogens with one attached hydrogen (secondary N) is 1. The molecule has 3 aromatic heterocycles. The summed E-state index contributed by atoms with van der Waals surface area (Å²) in [4.78, 5) is 8.57. The molecule has 0 saturated carbocycles. The Hall–Kier alpha value is -1.17. The van der Waals surface area contributed by atoms with Crippen molar-refractivity contribution in [3.63, 3.8) is 0 Å². The predicted molar refractivity (Wildman–Crippen MR) is 88.6 cm³/mol. The van der Waals surface area contributed by atoms with Crippen molar-refractivity contribution in [1.82, 2.24) is 9.97 Å². The van der Waals surface area contributed by atoms with Crippen molar-refractivity contribution in [3.8, 4) is 0 Å². The first-order valence-corrected chi connectivity index (χ1v) is 8.09. The Morgan fingerprint density at radius 2 is 2.15 bits per heavy atom. The van der Waals surface area contributed by atoms with Gasteiger partial charge in [-0.15, -0.1) is 11.3 Å². The zero-order valence-electron chi connectivity index (χ0n) is 10.6. The molecule has 0 amide bonds. The maximum atomic E-state index is 6.10. The Labute approximate surface area is 134 Å². The standard InChI is InChI=1S/C14H11BrClN3S/c1-8(19-12-5-10(15)7-18-14(12)16)9-4-13-11(17-6-9)2-3-20-13/h2-8,19H,1H3. The summed E-state index contributed by atoms with van der Waals surface area (Å²) in [6.07, 6.45) is 3.57. The van der Waals surface area contributed by atoms with Gasteiger partial charge in [0.15, 0.2) is 5.15 Å². The first-order chi connectivity index (χ1) is 9.63. The van der Waals surface area contributed by atoms with Crippen molar-refractivity contribution < 1.29 is 0 Å². The number of halogens is 2. The Morgan fingerprint density at radius 3 is 3.00 bits per heavy atom. The minimum atomic E-state index is 0.0996. The lowest BCUT2D eigenvalue weighted by Crippen LogP contribution is -2.07. The summed E-state index contributed by atoms with van der Waals surface area (Å²) in [5.41, 5.74) is 2.96. The molecule has 20 heavy (non-hydrogen) atoms. The molecular weight excluding hydrogens is 358 g/mol. The van der Waals surface area contributed by atoms with Crippen LogP contribution in [0.2, 0.25) is 5.15 Å². The molecule has 3 rings (SSSR count). The molecule has 102 valence electrons. The van der Waals surface area contributed by atoms with E-state index in [-0.39, 0.29) is 6.04 Å². The summed E-state index contributed by atoms with van der Waals surface area (Å²) in [5, 5.41) is 5.88. The van der Waals surface area contributed by atoms with Crippen molar-refractivity contribution >= 4 is 54.8 Å². The van der Waals surface area contributed by atoms with E-state index in [2.05, 4.69) is 49.6 Å². The second kappa shape index (κ2) is 5.68. The zero-order chi connectivity index (χ0) is 14.1. The van der Waals surface area contributed by atoms with Gasteiger partial charge < -0.3 is 5.32 Å². The van der Waals surface area contributed by atoms with E-state index in [4.69, 9.17) is 11.6 Å². The summed E-state index contributed by atoms with van der Waals surface area (Å²) < 4.78 is 2.08. The van der Waals surface area contributed by atoms with Crippen molar-refractivity contribution in [3.05, 3.63) is 51.2 Å².